The number of hydrogen-bond donors (Lipinski definition) is 1. The number of likely N-dealkylation sites (tertiary alicyclic amines) is 2. The average Bonchev–Trinajstić information content (AvgIpc) is 2.60. The molecule has 2 aliphatic rings. The van der Waals surface area contributed by atoms with E-state index in [1.807, 2.05) is 6.92 Å². The van der Waals surface area contributed by atoms with Crippen molar-refractivity contribution >= 4 is 5.91 Å². The Balaban J connectivity index is 1.87. The summed E-state index contributed by atoms with van der Waals surface area (Å²) in [6.45, 7) is 7.33. The van der Waals surface area contributed by atoms with Gasteiger partial charge in [0.15, 0.2) is 0 Å². The normalized spacial score (nSPS) is 33.0. The fourth-order valence-corrected chi connectivity index (χ4v) is 3.51. The highest BCUT2D eigenvalue weighted by Gasteiger charge is 2.29. The monoisotopic (exact) mass is 282 g/mol. The molecule has 2 saturated heterocycles. The van der Waals surface area contributed by atoms with Gasteiger partial charge in [-0.3, -0.25) is 9.69 Å². The molecule has 0 radical (unpaired) electrons. The Hall–Kier alpha value is -0.610. The first-order valence-corrected chi connectivity index (χ1v) is 8.26. The van der Waals surface area contributed by atoms with Crippen LogP contribution < -0.4 is 0 Å². The molecule has 2 rings (SSSR count). The van der Waals surface area contributed by atoms with Crippen molar-refractivity contribution in [2.75, 3.05) is 26.2 Å². The van der Waals surface area contributed by atoms with Crippen LogP contribution in [0.3, 0.4) is 0 Å². The number of nitrogens with zero attached hydrogens (tertiary/aromatic N) is 2. The van der Waals surface area contributed by atoms with E-state index >= 15 is 0 Å². The van der Waals surface area contributed by atoms with Crippen molar-refractivity contribution in [2.24, 2.45) is 0 Å². The van der Waals surface area contributed by atoms with Crippen molar-refractivity contribution in [3.05, 3.63) is 0 Å². The lowest BCUT2D eigenvalue weighted by Gasteiger charge is -2.36. The van der Waals surface area contributed by atoms with Crippen LogP contribution in [0, 0.1) is 0 Å². The van der Waals surface area contributed by atoms with Gasteiger partial charge in [-0.1, -0.05) is 6.92 Å². The molecule has 1 N–H and O–H groups in total. The molecular formula is C16H30N2O2. The number of hydrogen-bond acceptors (Lipinski definition) is 3. The summed E-state index contributed by atoms with van der Waals surface area (Å²) >= 11 is 0. The lowest BCUT2D eigenvalue weighted by atomic mass is 9.98. The number of carbonyl (C=O) groups excluding carboxylic acids is 1. The Kier molecular flexibility index (Phi) is 5.44. The van der Waals surface area contributed by atoms with E-state index in [1.54, 1.807) is 0 Å². The molecule has 116 valence electrons. The van der Waals surface area contributed by atoms with Crippen LogP contribution >= 0.6 is 0 Å². The minimum Gasteiger partial charge on any atom is -0.390 e. The molecule has 20 heavy (non-hydrogen) atoms. The van der Waals surface area contributed by atoms with Crippen LogP contribution in [0.5, 0.6) is 0 Å². The second-order valence-electron chi connectivity index (χ2n) is 6.77. The van der Waals surface area contributed by atoms with E-state index in [4.69, 9.17) is 0 Å². The largest absolute Gasteiger partial charge is 0.390 e. The van der Waals surface area contributed by atoms with Crippen LogP contribution in [0.15, 0.2) is 0 Å². The zero-order chi connectivity index (χ0) is 14.6. The van der Waals surface area contributed by atoms with E-state index in [0.29, 0.717) is 12.6 Å². The predicted molar refractivity (Wildman–Crippen MR) is 80.6 cm³/mol. The lowest BCUT2D eigenvalue weighted by Crippen LogP contribution is -2.48. The summed E-state index contributed by atoms with van der Waals surface area (Å²) < 4.78 is 0. The predicted octanol–water partition coefficient (Wildman–Crippen LogP) is 2.01. The molecule has 2 heterocycles. The molecule has 2 aliphatic heterocycles. The van der Waals surface area contributed by atoms with Crippen molar-refractivity contribution in [3.63, 3.8) is 0 Å². The van der Waals surface area contributed by atoms with Gasteiger partial charge in [0.25, 0.3) is 0 Å². The average molecular weight is 282 g/mol. The highest BCUT2D eigenvalue weighted by Crippen LogP contribution is 2.23. The maximum Gasteiger partial charge on any atom is 0.236 e. The minimum atomic E-state index is -0.547. The molecule has 2 unspecified atom stereocenters. The molecule has 4 nitrogen and oxygen atoms in total. The Labute approximate surface area is 123 Å². The number of amides is 1. The van der Waals surface area contributed by atoms with Crippen molar-refractivity contribution in [2.45, 2.75) is 70.4 Å². The molecule has 0 saturated carbocycles. The molecule has 0 spiro atoms. The van der Waals surface area contributed by atoms with Crippen molar-refractivity contribution in [3.8, 4) is 0 Å². The fraction of sp³-hybridized carbons (Fsp3) is 0.938. The third kappa shape index (κ3) is 4.19. The van der Waals surface area contributed by atoms with Crippen LogP contribution in [0.1, 0.15) is 58.8 Å². The van der Waals surface area contributed by atoms with Crippen LogP contribution in [-0.2, 0) is 4.79 Å². The van der Waals surface area contributed by atoms with Gasteiger partial charge < -0.3 is 10.0 Å². The van der Waals surface area contributed by atoms with Crippen molar-refractivity contribution in [1.29, 1.82) is 0 Å². The third-order valence-electron chi connectivity index (χ3n) is 4.93. The molecular weight excluding hydrogens is 252 g/mol. The molecule has 0 aromatic rings. The van der Waals surface area contributed by atoms with E-state index in [2.05, 4.69) is 16.7 Å². The summed E-state index contributed by atoms with van der Waals surface area (Å²) in [6.07, 6.45) is 7.25. The molecule has 0 aromatic heterocycles. The maximum atomic E-state index is 12.5. The van der Waals surface area contributed by atoms with Gasteiger partial charge in [-0.15, -0.1) is 0 Å². The standard InChI is InChI=1S/C16H30N2O2/c1-3-14-7-4-5-11-18(14)15(19)13-17-10-6-8-16(2,20)9-12-17/h14,20H,3-13H2,1-2H3. The van der Waals surface area contributed by atoms with Gasteiger partial charge in [-0.25, -0.2) is 0 Å². The van der Waals surface area contributed by atoms with Gasteiger partial charge in [0.2, 0.25) is 5.91 Å². The number of carbonyl (C=O) groups is 1. The zero-order valence-electron chi connectivity index (χ0n) is 13.1. The van der Waals surface area contributed by atoms with Gasteiger partial charge in [0.05, 0.1) is 12.1 Å². The Bertz CT molecular complexity index is 330. The van der Waals surface area contributed by atoms with E-state index < -0.39 is 5.60 Å². The molecule has 2 fully saturated rings. The summed E-state index contributed by atoms with van der Waals surface area (Å²) in [6, 6.07) is 0.450. The topological polar surface area (TPSA) is 43.8 Å². The second-order valence-corrected chi connectivity index (χ2v) is 6.77. The van der Waals surface area contributed by atoms with Gasteiger partial charge in [-0.05, 0) is 58.4 Å². The van der Waals surface area contributed by atoms with E-state index in [-0.39, 0.29) is 5.91 Å². The van der Waals surface area contributed by atoms with Gasteiger partial charge >= 0.3 is 0 Å². The molecule has 0 aliphatic carbocycles. The Morgan fingerprint density at radius 1 is 1.20 bits per heavy atom. The quantitative estimate of drug-likeness (QED) is 0.861. The highest BCUT2D eigenvalue weighted by molar-refractivity contribution is 5.78. The SMILES string of the molecule is CCC1CCCCN1C(=O)CN1CCCC(C)(O)CC1. The summed E-state index contributed by atoms with van der Waals surface area (Å²) in [5, 5.41) is 10.1. The van der Waals surface area contributed by atoms with Gasteiger partial charge in [-0.2, -0.15) is 0 Å². The van der Waals surface area contributed by atoms with Gasteiger partial charge in [0, 0.05) is 19.1 Å². The van der Waals surface area contributed by atoms with Crippen LogP contribution in [-0.4, -0.2) is 58.6 Å². The van der Waals surface area contributed by atoms with Crippen LogP contribution in [0.4, 0.5) is 0 Å². The first-order chi connectivity index (χ1) is 9.52. The van der Waals surface area contributed by atoms with Crippen molar-refractivity contribution < 1.29 is 9.90 Å². The minimum absolute atomic E-state index is 0.290. The van der Waals surface area contributed by atoms with Crippen LogP contribution in [0.25, 0.3) is 0 Å². The van der Waals surface area contributed by atoms with Gasteiger partial charge in [0.1, 0.15) is 0 Å². The third-order valence-corrected chi connectivity index (χ3v) is 4.93. The molecule has 4 heteroatoms. The van der Waals surface area contributed by atoms with E-state index in [0.717, 1.165) is 58.2 Å². The Morgan fingerprint density at radius 3 is 2.75 bits per heavy atom. The lowest BCUT2D eigenvalue weighted by molar-refractivity contribution is -0.136. The summed E-state index contributed by atoms with van der Waals surface area (Å²) in [5.74, 6) is 0.290. The number of piperidine rings is 1. The zero-order valence-corrected chi connectivity index (χ0v) is 13.1. The Morgan fingerprint density at radius 2 is 2.00 bits per heavy atom. The summed E-state index contributed by atoms with van der Waals surface area (Å²) in [4.78, 5) is 16.9. The molecule has 0 aromatic carbocycles. The summed E-state index contributed by atoms with van der Waals surface area (Å²) in [7, 11) is 0. The molecule has 0 bridgehead atoms. The highest BCUT2D eigenvalue weighted by atomic mass is 16.3. The number of rotatable bonds is 3. The maximum absolute atomic E-state index is 12.5. The first kappa shape index (κ1) is 15.8. The fourth-order valence-electron chi connectivity index (χ4n) is 3.51. The molecule has 1 amide bonds. The molecule has 2 atom stereocenters. The van der Waals surface area contributed by atoms with E-state index in [9.17, 15) is 9.90 Å². The second kappa shape index (κ2) is 6.90. The number of aliphatic hydroxyl groups is 1. The smallest absolute Gasteiger partial charge is 0.236 e. The van der Waals surface area contributed by atoms with Crippen LogP contribution in [0.2, 0.25) is 0 Å². The summed E-state index contributed by atoms with van der Waals surface area (Å²) in [5.41, 5.74) is -0.547. The van der Waals surface area contributed by atoms with Crippen molar-refractivity contribution in [1.82, 2.24) is 9.80 Å². The first-order valence-electron chi connectivity index (χ1n) is 8.26. The van der Waals surface area contributed by atoms with E-state index in [1.165, 1.54) is 6.42 Å².